The fourth-order valence-corrected chi connectivity index (χ4v) is 3.92. The first-order valence-corrected chi connectivity index (χ1v) is 9.34. The third-order valence-corrected chi connectivity index (χ3v) is 5.71. The number of benzene rings is 1. The van der Waals surface area contributed by atoms with E-state index in [1.807, 2.05) is 5.38 Å². The number of hydrogen-bond donors (Lipinski definition) is 1. The van der Waals surface area contributed by atoms with Crippen LogP contribution < -0.4 is 10.9 Å². The van der Waals surface area contributed by atoms with Gasteiger partial charge in [-0.2, -0.15) is 0 Å². The van der Waals surface area contributed by atoms with E-state index in [1.54, 1.807) is 32.2 Å². The number of thioether (sulfide) groups is 1. The average Bonchev–Trinajstić information content (AvgIpc) is 3.07. The fraction of sp³-hybridized carbons (Fsp3) is 0.235. The molecule has 0 saturated heterocycles. The highest BCUT2D eigenvalue weighted by atomic mass is 32.2. The molecule has 1 unspecified atom stereocenters. The van der Waals surface area contributed by atoms with Gasteiger partial charge in [-0.25, -0.2) is 9.37 Å². The molecule has 0 bridgehead atoms. The predicted molar refractivity (Wildman–Crippen MR) is 98.4 cm³/mol. The van der Waals surface area contributed by atoms with Crippen molar-refractivity contribution in [2.24, 2.45) is 7.05 Å². The van der Waals surface area contributed by atoms with Crippen LogP contribution in [0.2, 0.25) is 0 Å². The van der Waals surface area contributed by atoms with E-state index in [2.05, 4.69) is 10.3 Å². The standard InChI is InChI=1S/C17H16FN3O2S2/c1-10(15(22)19-9-11-3-5-12(18)6-4-11)25-17-20-13-7-8-24-14(13)16(23)21(17)2/h3-8,10H,9H2,1-2H3,(H,19,22). The van der Waals surface area contributed by atoms with Gasteiger partial charge in [0.25, 0.3) is 5.56 Å². The summed E-state index contributed by atoms with van der Waals surface area (Å²) in [5.74, 6) is -0.483. The second-order valence-corrected chi connectivity index (χ2v) is 7.72. The van der Waals surface area contributed by atoms with Gasteiger partial charge in [0.05, 0.1) is 10.8 Å². The lowest BCUT2D eigenvalue weighted by Crippen LogP contribution is -2.31. The molecule has 3 aromatic rings. The van der Waals surface area contributed by atoms with Crippen LogP contribution in [-0.4, -0.2) is 20.7 Å². The van der Waals surface area contributed by atoms with Gasteiger partial charge in [0.15, 0.2) is 5.16 Å². The lowest BCUT2D eigenvalue weighted by Gasteiger charge is -2.13. The minimum Gasteiger partial charge on any atom is -0.351 e. The monoisotopic (exact) mass is 377 g/mol. The van der Waals surface area contributed by atoms with Crippen LogP contribution in [0.4, 0.5) is 4.39 Å². The molecule has 130 valence electrons. The van der Waals surface area contributed by atoms with Crippen LogP contribution in [-0.2, 0) is 18.4 Å². The van der Waals surface area contributed by atoms with Gasteiger partial charge in [-0.1, -0.05) is 23.9 Å². The van der Waals surface area contributed by atoms with Crippen molar-refractivity contribution in [3.8, 4) is 0 Å². The maximum Gasteiger partial charge on any atom is 0.271 e. The Morgan fingerprint density at radius 1 is 1.36 bits per heavy atom. The summed E-state index contributed by atoms with van der Waals surface area (Å²) in [5, 5.41) is 4.71. The van der Waals surface area contributed by atoms with Crippen LogP contribution in [0.15, 0.2) is 45.7 Å². The number of nitrogens with one attached hydrogen (secondary N) is 1. The highest BCUT2D eigenvalue weighted by molar-refractivity contribution is 8.00. The third kappa shape index (κ3) is 3.91. The lowest BCUT2D eigenvalue weighted by atomic mass is 10.2. The number of nitrogens with zero attached hydrogens (tertiary/aromatic N) is 2. The lowest BCUT2D eigenvalue weighted by molar-refractivity contribution is -0.120. The van der Waals surface area contributed by atoms with Crippen LogP contribution in [0.25, 0.3) is 10.2 Å². The molecule has 3 rings (SSSR count). The van der Waals surface area contributed by atoms with Gasteiger partial charge in [-0.05, 0) is 36.1 Å². The molecule has 1 amide bonds. The topological polar surface area (TPSA) is 64.0 Å². The molecular formula is C17H16FN3O2S2. The largest absolute Gasteiger partial charge is 0.351 e. The second kappa shape index (κ2) is 7.37. The van der Waals surface area contributed by atoms with E-state index in [0.717, 1.165) is 5.56 Å². The van der Waals surface area contributed by atoms with Gasteiger partial charge in [0.1, 0.15) is 10.5 Å². The Balaban J connectivity index is 1.68. The molecule has 8 heteroatoms. The van der Waals surface area contributed by atoms with Crippen LogP contribution in [0, 0.1) is 5.82 Å². The minimum atomic E-state index is -0.422. The van der Waals surface area contributed by atoms with Crippen molar-refractivity contribution >= 4 is 39.2 Å². The van der Waals surface area contributed by atoms with Crippen molar-refractivity contribution in [1.82, 2.24) is 14.9 Å². The summed E-state index contributed by atoms with van der Waals surface area (Å²) >= 11 is 2.59. The molecule has 0 aliphatic heterocycles. The van der Waals surface area contributed by atoms with Crippen LogP contribution >= 0.6 is 23.1 Å². The summed E-state index contributed by atoms with van der Waals surface area (Å²) in [6.45, 7) is 2.08. The Bertz CT molecular complexity index is 966. The number of rotatable bonds is 5. The molecular weight excluding hydrogens is 361 g/mol. The van der Waals surface area contributed by atoms with E-state index in [9.17, 15) is 14.0 Å². The number of aromatic nitrogens is 2. The molecule has 2 heterocycles. The number of hydrogen-bond acceptors (Lipinski definition) is 5. The van der Waals surface area contributed by atoms with E-state index in [1.165, 1.54) is 39.8 Å². The Hall–Kier alpha value is -2.19. The first kappa shape index (κ1) is 17.6. The van der Waals surface area contributed by atoms with Crippen molar-refractivity contribution in [2.75, 3.05) is 0 Å². The molecule has 0 aliphatic rings. The second-order valence-electron chi connectivity index (χ2n) is 5.50. The molecule has 0 saturated carbocycles. The van der Waals surface area contributed by atoms with Gasteiger partial charge in [0.2, 0.25) is 5.91 Å². The molecule has 0 fully saturated rings. The van der Waals surface area contributed by atoms with E-state index < -0.39 is 5.25 Å². The Morgan fingerprint density at radius 3 is 2.80 bits per heavy atom. The van der Waals surface area contributed by atoms with Crippen LogP contribution in [0.1, 0.15) is 12.5 Å². The van der Waals surface area contributed by atoms with Crippen molar-refractivity contribution < 1.29 is 9.18 Å². The summed E-state index contributed by atoms with van der Waals surface area (Å²) in [5.41, 5.74) is 1.35. The maximum atomic E-state index is 12.9. The van der Waals surface area contributed by atoms with E-state index in [0.29, 0.717) is 21.9 Å². The Kier molecular flexibility index (Phi) is 5.19. The molecule has 1 atom stereocenters. The van der Waals surface area contributed by atoms with Crippen molar-refractivity contribution in [2.45, 2.75) is 23.9 Å². The number of carbonyl (C=O) groups is 1. The number of fused-ring (bicyclic) bond motifs is 1. The Labute approximate surface area is 151 Å². The molecule has 0 spiro atoms. The smallest absolute Gasteiger partial charge is 0.271 e. The summed E-state index contributed by atoms with van der Waals surface area (Å²) < 4.78 is 15.0. The molecule has 1 aromatic carbocycles. The summed E-state index contributed by atoms with van der Waals surface area (Å²) in [4.78, 5) is 29.0. The van der Waals surface area contributed by atoms with Gasteiger partial charge < -0.3 is 5.32 Å². The zero-order chi connectivity index (χ0) is 18.0. The summed E-state index contributed by atoms with van der Waals surface area (Å²) in [7, 11) is 1.65. The third-order valence-electron chi connectivity index (χ3n) is 3.68. The zero-order valence-electron chi connectivity index (χ0n) is 13.7. The van der Waals surface area contributed by atoms with Gasteiger partial charge >= 0.3 is 0 Å². The van der Waals surface area contributed by atoms with Crippen molar-refractivity contribution in [1.29, 1.82) is 0 Å². The summed E-state index contributed by atoms with van der Waals surface area (Å²) in [6, 6.07) is 7.77. The SMILES string of the molecule is CC(Sc1nc2ccsc2c(=O)n1C)C(=O)NCc1ccc(F)cc1. The van der Waals surface area contributed by atoms with Crippen LogP contribution in [0.3, 0.4) is 0 Å². The Morgan fingerprint density at radius 2 is 2.08 bits per heavy atom. The van der Waals surface area contributed by atoms with Crippen molar-refractivity contribution in [3.05, 3.63) is 57.4 Å². The molecule has 0 aliphatic carbocycles. The average molecular weight is 377 g/mol. The molecule has 2 aromatic heterocycles. The highest BCUT2D eigenvalue weighted by Gasteiger charge is 2.18. The van der Waals surface area contributed by atoms with Gasteiger partial charge in [-0.3, -0.25) is 14.2 Å². The number of carbonyl (C=O) groups excluding carboxylic acids is 1. The predicted octanol–water partition coefficient (Wildman–Crippen LogP) is 2.93. The first-order chi connectivity index (χ1) is 12.0. The molecule has 1 N–H and O–H groups in total. The van der Waals surface area contributed by atoms with Crippen LogP contribution in [0.5, 0.6) is 0 Å². The molecule has 25 heavy (non-hydrogen) atoms. The highest BCUT2D eigenvalue weighted by Crippen LogP contribution is 2.23. The quantitative estimate of drug-likeness (QED) is 0.549. The van der Waals surface area contributed by atoms with Gasteiger partial charge in [0, 0.05) is 13.6 Å². The van der Waals surface area contributed by atoms with E-state index in [-0.39, 0.29) is 17.3 Å². The molecule has 0 radical (unpaired) electrons. The van der Waals surface area contributed by atoms with E-state index >= 15 is 0 Å². The van der Waals surface area contributed by atoms with E-state index in [4.69, 9.17) is 0 Å². The molecule has 5 nitrogen and oxygen atoms in total. The number of thiophene rings is 1. The van der Waals surface area contributed by atoms with Crippen molar-refractivity contribution in [3.63, 3.8) is 0 Å². The maximum absolute atomic E-state index is 12.9. The zero-order valence-corrected chi connectivity index (χ0v) is 15.3. The summed E-state index contributed by atoms with van der Waals surface area (Å²) in [6.07, 6.45) is 0. The first-order valence-electron chi connectivity index (χ1n) is 7.59. The number of halogens is 1. The van der Waals surface area contributed by atoms with Gasteiger partial charge in [-0.15, -0.1) is 11.3 Å². The minimum absolute atomic E-state index is 0.110. The normalized spacial score (nSPS) is 12.3. The number of amides is 1. The fourth-order valence-electron chi connectivity index (χ4n) is 2.22.